The Bertz CT molecular complexity index is 744. The van der Waals surface area contributed by atoms with Crippen LogP contribution < -0.4 is 4.74 Å². The molecule has 0 aromatic heterocycles. The minimum atomic E-state index is -0.285. The smallest absolute Gasteiger partial charge is 0.167 e. The van der Waals surface area contributed by atoms with Gasteiger partial charge in [-0.05, 0) is 34.9 Å². The Hall–Kier alpha value is -2.35. The summed E-state index contributed by atoms with van der Waals surface area (Å²) >= 11 is 0. The van der Waals surface area contributed by atoms with Crippen LogP contribution in [0.15, 0.2) is 60.7 Å². The highest BCUT2D eigenvalue weighted by atomic mass is 19.1. The van der Waals surface area contributed by atoms with E-state index in [0.717, 1.165) is 10.9 Å². The van der Waals surface area contributed by atoms with Crippen molar-refractivity contribution in [2.75, 3.05) is 0 Å². The van der Waals surface area contributed by atoms with E-state index in [0.29, 0.717) is 17.9 Å². The molecular weight excluding hydrogens is 251 g/mol. The second-order valence-corrected chi connectivity index (χ2v) is 4.81. The molecule has 0 aliphatic heterocycles. The number of hydrogen-bond acceptors (Lipinski definition) is 1. The zero-order valence-corrected chi connectivity index (χ0v) is 11.3. The molecule has 0 spiro atoms. The van der Waals surface area contributed by atoms with Gasteiger partial charge in [-0.3, -0.25) is 0 Å². The highest BCUT2D eigenvalue weighted by molar-refractivity contribution is 5.85. The quantitative estimate of drug-likeness (QED) is 0.657. The van der Waals surface area contributed by atoms with E-state index < -0.39 is 0 Å². The van der Waals surface area contributed by atoms with E-state index in [1.165, 1.54) is 5.39 Å². The molecule has 3 aromatic carbocycles. The maximum absolute atomic E-state index is 13.9. The molecule has 2 heteroatoms. The molecule has 0 N–H and O–H groups in total. The summed E-state index contributed by atoms with van der Waals surface area (Å²) < 4.78 is 19.5. The monoisotopic (exact) mass is 266 g/mol. The number of rotatable bonds is 3. The SMILES string of the molecule is Cc1cccc(OCc2cccc3ccccc23)c1F. The molecule has 1 nitrogen and oxygen atoms in total. The summed E-state index contributed by atoms with van der Waals surface area (Å²) in [5, 5.41) is 2.31. The van der Waals surface area contributed by atoms with E-state index in [-0.39, 0.29) is 5.82 Å². The van der Waals surface area contributed by atoms with Crippen molar-refractivity contribution in [1.82, 2.24) is 0 Å². The van der Waals surface area contributed by atoms with Gasteiger partial charge in [-0.2, -0.15) is 0 Å². The third-order valence-corrected chi connectivity index (χ3v) is 3.42. The molecule has 0 unspecified atom stereocenters. The summed E-state index contributed by atoms with van der Waals surface area (Å²) in [7, 11) is 0. The van der Waals surface area contributed by atoms with E-state index >= 15 is 0 Å². The first-order valence-corrected chi connectivity index (χ1v) is 6.60. The minimum Gasteiger partial charge on any atom is -0.486 e. The van der Waals surface area contributed by atoms with E-state index in [1.807, 2.05) is 24.3 Å². The molecule has 0 aliphatic carbocycles. The fourth-order valence-corrected chi connectivity index (χ4v) is 2.31. The van der Waals surface area contributed by atoms with Crippen LogP contribution in [0.3, 0.4) is 0 Å². The van der Waals surface area contributed by atoms with E-state index in [2.05, 4.69) is 18.2 Å². The van der Waals surface area contributed by atoms with Gasteiger partial charge in [-0.25, -0.2) is 4.39 Å². The molecule has 0 aliphatic rings. The average Bonchev–Trinajstić information content (AvgIpc) is 2.49. The van der Waals surface area contributed by atoms with Crippen LogP contribution in [0.1, 0.15) is 11.1 Å². The van der Waals surface area contributed by atoms with Crippen LogP contribution >= 0.6 is 0 Å². The minimum absolute atomic E-state index is 0.285. The van der Waals surface area contributed by atoms with E-state index in [4.69, 9.17) is 4.74 Å². The lowest BCUT2D eigenvalue weighted by molar-refractivity contribution is 0.291. The van der Waals surface area contributed by atoms with Gasteiger partial charge < -0.3 is 4.74 Å². The predicted octanol–water partition coefficient (Wildman–Crippen LogP) is 4.87. The van der Waals surface area contributed by atoms with Gasteiger partial charge in [0.15, 0.2) is 11.6 Å². The van der Waals surface area contributed by atoms with Crippen LogP contribution in [0.5, 0.6) is 5.75 Å². The van der Waals surface area contributed by atoms with Crippen molar-refractivity contribution < 1.29 is 9.13 Å². The summed E-state index contributed by atoms with van der Waals surface area (Å²) in [6.45, 7) is 2.10. The summed E-state index contributed by atoms with van der Waals surface area (Å²) in [5.74, 6) is 0.0191. The Morgan fingerprint density at radius 2 is 1.65 bits per heavy atom. The van der Waals surface area contributed by atoms with Crippen LogP contribution in [0.4, 0.5) is 4.39 Å². The fraction of sp³-hybridized carbons (Fsp3) is 0.111. The number of halogens is 1. The number of fused-ring (bicyclic) bond motifs is 1. The Morgan fingerprint density at radius 1 is 0.900 bits per heavy atom. The van der Waals surface area contributed by atoms with Crippen molar-refractivity contribution in [3.05, 3.63) is 77.6 Å². The Labute approximate surface area is 117 Å². The van der Waals surface area contributed by atoms with Crippen LogP contribution in [0.2, 0.25) is 0 Å². The molecule has 20 heavy (non-hydrogen) atoms. The lowest BCUT2D eigenvalue weighted by atomic mass is 10.1. The van der Waals surface area contributed by atoms with E-state index in [1.54, 1.807) is 25.1 Å². The lowest BCUT2D eigenvalue weighted by Crippen LogP contribution is -1.99. The number of benzene rings is 3. The first-order valence-electron chi connectivity index (χ1n) is 6.60. The van der Waals surface area contributed by atoms with Crippen molar-refractivity contribution in [1.29, 1.82) is 0 Å². The van der Waals surface area contributed by atoms with Gasteiger partial charge in [0, 0.05) is 0 Å². The van der Waals surface area contributed by atoms with Gasteiger partial charge in [0.25, 0.3) is 0 Å². The van der Waals surface area contributed by atoms with Crippen molar-refractivity contribution in [3.63, 3.8) is 0 Å². The normalized spacial score (nSPS) is 10.7. The summed E-state index contributed by atoms with van der Waals surface area (Å²) in [6, 6.07) is 19.4. The van der Waals surface area contributed by atoms with Gasteiger partial charge in [0.05, 0.1) is 0 Å². The average molecular weight is 266 g/mol. The molecule has 0 atom stereocenters. The first-order chi connectivity index (χ1) is 9.75. The molecule has 3 aromatic rings. The number of aryl methyl sites for hydroxylation is 1. The second kappa shape index (κ2) is 5.33. The van der Waals surface area contributed by atoms with Gasteiger partial charge in [-0.15, -0.1) is 0 Å². The Morgan fingerprint density at radius 3 is 2.55 bits per heavy atom. The van der Waals surface area contributed by atoms with Gasteiger partial charge in [0.2, 0.25) is 0 Å². The molecular formula is C18H15FO. The maximum Gasteiger partial charge on any atom is 0.167 e. The topological polar surface area (TPSA) is 9.23 Å². The molecule has 0 radical (unpaired) electrons. The fourth-order valence-electron chi connectivity index (χ4n) is 2.31. The highest BCUT2D eigenvalue weighted by Crippen LogP contribution is 2.23. The van der Waals surface area contributed by atoms with Crippen LogP contribution in [0.25, 0.3) is 10.8 Å². The third kappa shape index (κ3) is 2.37. The largest absolute Gasteiger partial charge is 0.486 e. The summed E-state index contributed by atoms with van der Waals surface area (Å²) in [4.78, 5) is 0. The van der Waals surface area contributed by atoms with Gasteiger partial charge >= 0.3 is 0 Å². The predicted molar refractivity (Wildman–Crippen MR) is 79.4 cm³/mol. The van der Waals surface area contributed by atoms with Crippen molar-refractivity contribution in [2.24, 2.45) is 0 Å². The molecule has 0 heterocycles. The lowest BCUT2D eigenvalue weighted by Gasteiger charge is -2.10. The van der Waals surface area contributed by atoms with Gasteiger partial charge in [0.1, 0.15) is 6.61 Å². The van der Waals surface area contributed by atoms with Crippen LogP contribution in [0, 0.1) is 12.7 Å². The van der Waals surface area contributed by atoms with Crippen LogP contribution in [-0.4, -0.2) is 0 Å². The van der Waals surface area contributed by atoms with E-state index in [9.17, 15) is 4.39 Å². The Balaban J connectivity index is 1.89. The third-order valence-electron chi connectivity index (χ3n) is 3.42. The van der Waals surface area contributed by atoms with Crippen molar-refractivity contribution in [2.45, 2.75) is 13.5 Å². The summed E-state index contributed by atoms with van der Waals surface area (Å²) in [6.07, 6.45) is 0. The van der Waals surface area contributed by atoms with Crippen molar-refractivity contribution >= 4 is 10.8 Å². The first kappa shape index (κ1) is 12.7. The molecule has 0 bridgehead atoms. The zero-order valence-electron chi connectivity index (χ0n) is 11.3. The van der Waals surface area contributed by atoms with Crippen molar-refractivity contribution in [3.8, 4) is 5.75 Å². The summed E-state index contributed by atoms with van der Waals surface area (Å²) in [5.41, 5.74) is 1.66. The Kier molecular flexibility index (Phi) is 3.38. The molecule has 0 amide bonds. The maximum atomic E-state index is 13.9. The number of ether oxygens (including phenoxy) is 1. The highest BCUT2D eigenvalue weighted by Gasteiger charge is 2.07. The molecule has 0 saturated carbocycles. The molecule has 0 saturated heterocycles. The standard InChI is InChI=1S/C18H15FO/c1-13-6-4-11-17(18(13)19)20-12-15-9-5-8-14-7-2-3-10-16(14)15/h2-11H,12H2,1H3. The zero-order chi connectivity index (χ0) is 13.9. The molecule has 3 rings (SSSR count). The molecule has 0 fully saturated rings. The van der Waals surface area contributed by atoms with Crippen LogP contribution in [-0.2, 0) is 6.61 Å². The number of hydrogen-bond donors (Lipinski definition) is 0. The second-order valence-electron chi connectivity index (χ2n) is 4.81. The molecule has 100 valence electrons. The van der Waals surface area contributed by atoms with Gasteiger partial charge in [-0.1, -0.05) is 54.6 Å².